The Morgan fingerprint density at radius 1 is 1.22 bits per heavy atom. The molecule has 6 heteroatoms. The minimum atomic E-state index is -0.344. The molecule has 0 aliphatic rings. The van der Waals surface area contributed by atoms with Gasteiger partial charge in [-0.2, -0.15) is 0 Å². The van der Waals surface area contributed by atoms with Crippen LogP contribution in [0.15, 0.2) is 47.8 Å². The third-order valence-corrected chi connectivity index (χ3v) is 5.00. The van der Waals surface area contributed by atoms with E-state index in [1.54, 1.807) is 0 Å². The summed E-state index contributed by atoms with van der Waals surface area (Å²) >= 11 is 2.62. The summed E-state index contributed by atoms with van der Waals surface area (Å²) in [5.74, 6) is -0.344. The van der Waals surface area contributed by atoms with Gasteiger partial charge in [-0.15, -0.1) is 16.4 Å². The molecule has 0 saturated heterocycles. The fraction of sp³-hybridized carbons (Fsp3) is 0.235. The minimum Gasteiger partial charge on any atom is -0.458 e. The summed E-state index contributed by atoms with van der Waals surface area (Å²) in [5, 5.41) is 6.01. The van der Waals surface area contributed by atoms with E-state index >= 15 is 0 Å². The second kappa shape index (κ2) is 7.48. The van der Waals surface area contributed by atoms with Gasteiger partial charge in [0.15, 0.2) is 4.88 Å². The van der Waals surface area contributed by atoms with Gasteiger partial charge in [-0.25, -0.2) is 4.79 Å². The van der Waals surface area contributed by atoms with Crippen molar-refractivity contribution in [2.24, 2.45) is 0 Å². The number of esters is 1. The largest absolute Gasteiger partial charge is 0.458 e. The summed E-state index contributed by atoms with van der Waals surface area (Å²) in [6, 6.07) is 14.0. The topological polar surface area (TPSA) is 52.1 Å². The van der Waals surface area contributed by atoms with Crippen LogP contribution in [0, 0.1) is 0 Å². The van der Waals surface area contributed by atoms with Crippen molar-refractivity contribution in [3.63, 3.8) is 0 Å². The molecule has 0 aliphatic carbocycles. The Morgan fingerprint density at radius 3 is 2.78 bits per heavy atom. The lowest BCUT2D eigenvalue weighted by atomic mass is 10.1. The number of thiophene rings is 1. The molecule has 23 heavy (non-hydrogen) atoms. The van der Waals surface area contributed by atoms with Crippen molar-refractivity contribution in [3.05, 3.63) is 58.3 Å². The van der Waals surface area contributed by atoms with Gasteiger partial charge < -0.3 is 4.74 Å². The van der Waals surface area contributed by atoms with E-state index in [0.29, 0.717) is 10.6 Å². The monoisotopic (exact) mass is 344 g/mol. The maximum Gasteiger partial charge on any atom is 0.352 e. The predicted molar refractivity (Wildman–Crippen MR) is 92.9 cm³/mol. The molecule has 2 aromatic heterocycles. The summed E-state index contributed by atoms with van der Waals surface area (Å²) in [5.41, 5.74) is 1.86. The molecule has 0 spiro atoms. The van der Waals surface area contributed by atoms with Gasteiger partial charge in [0, 0.05) is 0 Å². The smallest absolute Gasteiger partial charge is 0.352 e. The minimum absolute atomic E-state index is 0.152. The van der Waals surface area contributed by atoms with Gasteiger partial charge in [0.05, 0.1) is 11.0 Å². The van der Waals surface area contributed by atoms with E-state index in [1.807, 2.05) is 42.6 Å². The molecule has 1 unspecified atom stereocenters. The van der Waals surface area contributed by atoms with E-state index in [2.05, 4.69) is 21.7 Å². The maximum absolute atomic E-state index is 12.4. The van der Waals surface area contributed by atoms with Crippen molar-refractivity contribution in [3.8, 4) is 10.6 Å². The molecule has 1 aromatic carbocycles. The lowest BCUT2D eigenvalue weighted by Crippen LogP contribution is -2.15. The molecule has 0 aliphatic heterocycles. The average Bonchev–Trinajstić information content (AvgIpc) is 3.24. The number of rotatable bonds is 6. The molecule has 4 nitrogen and oxygen atoms in total. The van der Waals surface area contributed by atoms with E-state index < -0.39 is 0 Å². The fourth-order valence-corrected chi connectivity index (χ4v) is 3.55. The highest BCUT2D eigenvalue weighted by Crippen LogP contribution is 2.28. The van der Waals surface area contributed by atoms with E-state index in [9.17, 15) is 4.79 Å². The number of aryl methyl sites for hydroxylation is 1. The standard InChI is InChI=1S/C17H16N2O2S2/c1-12(9-10-13-6-3-2-4-7-13)21-17(20)16-15(18-19-23-16)14-8-5-11-22-14/h2-8,11-12H,9-10H2,1H3. The van der Waals surface area contributed by atoms with Gasteiger partial charge in [-0.1, -0.05) is 40.9 Å². The van der Waals surface area contributed by atoms with Crippen LogP contribution in [0.1, 0.15) is 28.6 Å². The maximum atomic E-state index is 12.4. The van der Waals surface area contributed by atoms with E-state index in [4.69, 9.17) is 4.74 Å². The lowest BCUT2D eigenvalue weighted by molar-refractivity contribution is 0.0332. The zero-order valence-electron chi connectivity index (χ0n) is 12.6. The van der Waals surface area contributed by atoms with Crippen molar-refractivity contribution >= 4 is 28.8 Å². The molecule has 0 fully saturated rings. The van der Waals surface area contributed by atoms with Gasteiger partial charge in [-0.05, 0) is 48.3 Å². The molecule has 3 aromatic rings. The predicted octanol–water partition coefficient (Wildman–Crippen LogP) is 4.44. The van der Waals surface area contributed by atoms with Crippen LogP contribution in [0.5, 0.6) is 0 Å². The van der Waals surface area contributed by atoms with Crippen molar-refractivity contribution in [2.75, 3.05) is 0 Å². The van der Waals surface area contributed by atoms with Gasteiger partial charge in [0.25, 0.3) is 0 Å². The Bertz CT molecular complexity index is 754. The number of hydrogen-bond acceptors (Lipinski definition) is 6. The number of ether oxygens (including phenoxy) is 1. The van der Waals surface area contributed by atoms with Crippen LogP contribution in [0.4, 0.5) is 0 Å². The van der Waals surface area contributed by atoms with E-state index in [1.165, 1.54) is 16.9 Å². The Hall–Kier alpha value is -2.05. The SMILES string of the molecule is CC(CCc1ccccc1)OC(=O)c1snnc1-c1cccs1. The van der Waals surface area contributed by atoms with Crippen LogP contribution in [-0.4, -0.2) is 21.7 Å². The Labute approximate surface area is 142 Å². The molecule has 0 N–H and O–H groups in total. The zero-order chi connectivity index (χ0) is 16.1. The summed E-state index contributed by atoms with van der Waals surface area (Å²) in [4.78, 5) is 13.8. The first-order valence-electron chi connectivity index (χ1n) is 7.35. The molecule has 1 atom stereocenters. The van der Waals surface area contributed by atoms with Gasteiger partial charge in [0.2, 0.25) is 0 Å². The molecule has 3 rings (SSSR count). The Balaban J connectivity index is 1.60. The summed E-state index contributed by atoms with van der Waals surface area (Å²) in [6.07, 6.45) is 1.52. The summed E-state index contributed by atoms with van der Waals surface area (Å²) in [6.45, 7) is 1.92. The number of benzene rings is 1. The van der Waals surface area contributed by atoms with Gasteiger partial charge in [-0.3, -0.25) is 0 Å². The zero-order valence-corrected chi connectivity index (χ0v) is 14.3. The van der Waals surface area contributed by atoms with Crippen LogP contribution in [0.3, 0.4) is 0 Å². The highest BCUT2D eigenvalue weighted by molar-refractivity contribution is 7.14. The van der Waals surface area contributed by atoms with Crippen LogP contribution in [-0.2, 0) is 11.2 Å². The highest BCUT2D eigenvalue weighted by Gasteiger charge is 2.21. The second-order valence-electron chi connectivity index (χ2n) is 5.17. The fourth-order valence-electron chi connectivity index (χ4n) is 2.21. The molecule has 118 valence electrons. The third-order valence-electron chi connectivity index (χ3n) is 3.42. The Kier molecular flexibility index (Phi) is 5.15. The molecule has 0 bridgehead atoms. The van der Waals surface area contributed by atoms with Crippen molar-refractivity contribution in [2.45, 2.75) is 25.9 Å². The van der Waals surface area contributed by atoms with E-state index in [0.717, 1.165) is 29.3 Å². The lowest BCUT2D eigenvalue weighted by Gasteiger charge is -2.12. The first-order chi connectivity index (χ1) is 11.2. The third kappa shape index (κ3) is 4.03. The number of nitrogens with zero attached hydrogens (tertiary/aromatic N) is 2. The number of hydrogen-bond donors (Lipinski definition) is 0. The van der Waals surface area contributed by atoms with Crippen molar-refractivity contribution in [1.29, 1.82) is 0 Å². The molecule has 0 radical (unpaired) electrons. The average molecular weight is 344 g/mol. The summed E-state index contributed by atoms with van der Waals surface area (Å²) in [7, 11) is 0. The van der Waals surface area contributed by atoms with Gasteiger partial charge in [0.1, 0.15) is 5.69 Å². The van der Waals surface area contributed by atoms with Crippen LogP contribution in [0.2, 0.25) is 0 Å². The normalized spacial score (nSPS) is 12.0. The van der Waals surface area contributed by atoms with Crippen LogP contribution < -0.4 is 0 Å². The number of aromatic nitrogens is 2. The van der Waals surface area contributed by atoms with Gasteiger partial charge >= 0.3 is 5.97 Å². The van der Waals surface area contributed by atoms with Crippen LogP contribution in [0.25, 0.3) is 10.6 Å². The van der Waals surface area contributed by atoms with Crippen molar-refractivity contribution in [1.82, 2.24) is 9.59 Å². The summed E-state index contributed by atoms with van der Waals surface area (Å²) < 4.78 is 9.45. The van der Waals surface area contributed by atoms with Crippen molar-refractivity contribution < 1.29 is 9.53 Å². The molecular weight excluding hydrogens is 328 g/mol. The molecule has 0 saturated carbocycles. The first kappa shape index (κ1) is 15.8. The molecular formula is C17H16N2O2S2. The molecule has 0 amide bonds. The highest BCUT2D eigenvalue weighted by atomic mass is 32.1. The number of carbonyl (C=O) groups is 1. The Morgan fingerprint density at radius 2 is 2.04 bits per heavy atom. The molecule has 2 heterocycles. The number of carbonyl (C=O) groups excluding carboxylic acids is 1. The quantitative estimate of drug-likeness (QED) is 0.620. The van der Waals surface area contributed by atoms with E-state index in [-0.39, 0.29) is 12.1 Å². The first-order valence-corrected chi connectivity index (χ1v) is 9.00. The van der Waals surface area contributed by atoms with Crippen LogP contribution >= 0.6 is 22.9 Å². The second-order valence-corrected chi connectivity index (χ2v) is 6.87.